The number of rotatable bonds is 2. The summed E-state index contributed by atoms with van der Waals surface area (Å²) < 4.78 is 5.54. The molecule has 1 atom stereocenters. The van der Waals surface area contributed by atoms with E-state index in [0.29, 0.717) is 18.0 Å². The van der Waals surface area contributed by atoms with Gasteiger partial charge in [-0.1, -0.05) is 13.8 Å². The van der Waals surface area contributed by atoms with E-state index in [1.807, 2.05) is 6.26 Å². The summed E-state index contributed by atoms with van der Waals surface area (Å²) in [6.07, 6.45) is 2.89. The molecular formula is C13H21NO. The minimum atomic E-state index is 0.612. The molecule has 0 fully saturated rings. The summed E-state index contributed by atoms with van der Waals surface area (Å²) in [5.41, 5.74) is 1.38. The number of hydrogen-bond donors (Lipinski definition) is 0. The zero-order chi connectivity index (χ0) is 11.0. The molecule has 0 spiro atoms. The Kier molecular flexibility index (Phi) is 2.87. The van der Waals surface area contributed by atoms with Gasteiger partial charge in [0.05, 0.1) is 6.26 Å². The highest BCUT2D eigenvalue weighted by molar-refractivity contribution is 5.21. The van der Waals surface area contributed by atoms with Crippen LogP contribution in [0.15, 0.2) is 16.7 Å². The molecule has 0 aromatic carbocycles. The van der Waals surface area contributed by atoms with Crippen molar-refractivity contribution in [3.8, 4) is 0 Å². The topological polar surface area (TPSA) is 16.4 Å². The molecule has 15 heavy (non-hydrogen) atoms. The molecule has 84 valence electrons. The van der Waals surface area contributed by atoms with Crippen molar-refractivity contribution < 1.29 is 4.42 Å². The van der Waals surface area contributed by atoms with Crippen LogP contribution in [0.4, 0.5) is 0 Å². The summed E-state index contributed by atoms with van der Waals surface area (Å²) in [4.78, 5) is 2.59. The summed E-state index contributed by atoms with van der Waals surface area (Å²) in [5.74, 6) is 1.89. The minimum Gasteiger partial charge on any atom is -0.469 e. The van der Waals surface area contributed by atoms with E-state index in [9.17, 15) is 0 Å². The van der Waals surface area contributed by atoms with Gasteiger partial charge in [0.25, 0.3) is 0 Å². The van der Waals surface area contributed by atoms with Gasteiger partial charge in [-0.3, -0.25) is 4.90 Å². The molecule has 2 heterocycles. The first-order valence-electron chi connectivity index (χ1n) is 5.90. The Bertz CT molecular complexity index is 297. The Morgan fingerprint density at radius 3 is 2.67 bits per heavy atom. The lowest BCUT2D eigenvalue weighted by Gasteiger charge is -2.40. The number of hydrogen-bond acceptors (Lipinski definition) is 2. The van der Waals surface area contributed by atoms with Crippen LogP contribution < -0.4 is 0 Å². The first-order chi connectivity index (χ1) is 7.09. The molecule has 2 heteroatoms. The molecule has 0 saturated heterocycles. The van der Waals surface area contributed by atoms with Crippen molar-refractivity contribution in [2.45, 2.75) is 52.7 Å². The lowest BCUT2D eigenvalue weighted by molar-refractivity contribution is 0.0907. The van der Waals surface area contributed by atoms with Gasteiger partial charge in [-0.05, 0) is 25.8 Å². The molecule has 0 bridgehead atoms. The largest absolute Gasteiger partial charge is 0.469 e. The molecule has 1 aromatic heterocycles. The van der Waals surface area contributed by atoms with E-state index in [1.54, 1.807) is 0 Å². The van der Waals surface area contributed by atoms with Crippen molar-refractivity contribution in [2.75, 3.05) is 0 Å². The molecule has 2 rings (SSSR count). The third-order valence-corrected chi connectivity index (χ3v) is 3.44. The SMILES string of the molecule is CC(C)[C@@H]1Cc2occc2CN1C(C)C. The third-order valence-electron chi connectivity index (χ3n) is 3.44. The quantitative estimate of drug-likeness (QED) is 0.741. The smallest absolute Gasteiger partial charge is 0.109 e. The molecule has 1 aliphatic heterocycles. The van der Waals surface area contributed by atoms with Crippen LogP contribution in [-0.4, -0.2) is 17.0 Å². The molecule has 0 saturated carbocycles. The fourth-order valence-corrected chi connectivity index (χ4v) is 2.49. The Morgan fingerprint density at radius 2 is 2.07 bits per heavy atom. The van der Waals surface area contributed by atoms with Gasteiger partial charge in [0, 0.05) is 30.6 Å². The van der Waals surface area contributed by atoms with Crippen LogP contribution in [0.25, 0.3) is 0 Å². The highest BCUT2D eigenvalue weighted by atomic mass is 16.3. The van der Waals surface area contributed by atoms with Crippen molar-refractivity contribution in [3.63, 3.8) is 0 Å². The monoisotopic (exact) mass is 207 g/mol. The minimum absolute atomic E-state index is 0.612. The summed E-state index contributed by atoms with van der Waals surface area (Å²) >= 11 is 0. The molecule has 2 nitrogen and oxygen atoms in total. The second kappa shape index (κ2) is 4.01. The van der Waals surface area contributed by atoms with Gasteiger partial charge < -0.3 is 4.42 Å². The van der Waals surface area contributed by atoms with Gasteiger partial charge >= 0.3 is 0 Å². The zero-order valence-electron chi connectivity index (χ0n) is 10.2. The van der Waals surface area contributed by atoms with Gasteiger partial charge in [-0.25, -0.2) is 0 Å². The maximum absolute atomic E-state index is 5.54. The first-order valence-corrected chi connectivity index (χ1v) is 5.90. The van der Waals surface area contributed by atoms with Crippen molar-refractivity contribution in [1.29, 1.82) is 0 Å². The predicted octanol–water partition coefficient (Wildman–Crippen LogP) is 3.07. The highest BCUT2D eigenvalue weighted by Crippen LogP contribution is 2.29. The van der Waals surface area contributed by atoms with E-state index in [1.165, 1.54) is 11.3 Å². The van der Waals surface area contributed by atoms with Crippen molar-refractivity contribution in [2.24, 2.45) is 5.92 Å². The predicted molar refractivity (Wildman–Crippen MR) is 61.7 cm³/mol. The highest BCUT2D eigenvalue weighted by Gasteiger charge is 2.31. The first kappa shape index (κ1) is 10.7. The van der Waals surface area contributed by atoms with Crippen molar-refractivity contribution >= 4 is 0 Å². The molecule has 0 aliphatic carbocycles. The van der Waals surface area contributed by atoms with Crippen LogP contribution in [0.2, 0.25) is 0 Å². The fraction of sp³-hybridized carbons (Fsp3) is 0.692. The lowest BCUT2D eigenvalue weighted by Crippen LogP contribution is -2.46. The van der Waals surface area contributed by atoms with Crippen molar-refractivity contribution in [1.82, 2.24) is 4.90 Å². The standard InChI is InChI=1S/C13H21NO/c1-9(2)12-7-13-11(5-6-15-13)8-14(12)10(3)4/h5-6,9-10,12H,7-8H2,1-4H3/t12-/m0/s1. The van der Waals surface area contributed by atoms with Gasteiger partial charge in [0.15, 0.2) is 0 Å². The lowest BCUT2D eigenvalue weighted by atomic mass is 9.91. The summed E-state index contributed by atoms with van der Waals surface area (Å²) in [6.45, 7) is 10.2. The van der Waals surface area contributed by atoms with Gasteiger partial charge in [0.1, 0.15) is 5.76 Å². The van der Waals surface area contributed by atoms with Crippen LogP contribution in [0.5, 0.6) is 0 Å². The molecule has 0 N–H and O–H groups in total. The molecule has 0 amide bonds. The average molecular weight is 207 g/mol. The molecule has 0 radical (unpaired) electrons. The molecule has 1 aromatic rings. The molecular weight excluding hydrogens is 186 g/mol. The Labute approximate surface area is 92.3 Å². The van der Waals surface area contributed by atoms with Crippen LogP contribution in [0.3, 0.4) is 0 Å². The van der Waals surface area contributed by atoms with Crippen LogP contribution in [-0.2, 0) is 13.0 Å². The summed E-state index contributed by atoms with van der Waals surface area (Å²) in [6, 6.07) is 3.35. The Balaban J connectivity index is 2.25. The van der Waals surface area contributed by atoms with E-state index in [-0.39, 0.29) is 0 Å². The van der Waals surface area contributed by atoms with Gasteiger partial charge in [-0.15, -0.1) is 0 Å². The Hall–Kier alpha value is -0.760. The second-order valence-electron chi connectivity index (χ2n) is 5.15. The maximum Gasteiger partial charge on any atom is 0.109 e. The van der Waals surface area contributed by atoms with Crippen LogP contribution in [0, 0.1) is 5.92 Å². The van der Waals surface area contributed by atoms with E-state index < -0.39 is 0 Å². The number of fused-ring (bicyclic) bond motifs is 1. The van der Waals surface area contributed by atoms with E-state index in [4.69, 9.17) is 4.42 Å². The number of nitrogens with zero attached hydrogens (tertiary/aromatic N) is 1. The van der Waals surface area contributed by atoms with E-state index in [2.05, 4.69) is 38.7 Å². The Morgan fingerprint density at radius 1 is 1.33 bits per heavy atom. The zero-order valence-corrected chi connectivity index (χ0v) is 10.2. The normalized spacial score (nSPS) is 22.4. The molecule has 0 unspecified atom stereocenters. The summed E-state index contributed by atoms with van der Waals surface area (Å²) in [7, 11) is 0. The van der Waals surface area contributed by atoms with Gasteiger partial charge in [0.2, 0.25) is 0 Å². The number of furan rings is 1. The third kappa shape index (κ3) is 1.96. The van der Waals surface area contributed by atoms with E-state index >= 15 is 0 Å². The molecule has 1 aliphatic rings. The second-order valence-corrected chi connectivity index (χ2v) is 5.15. The summed E-state index contributed by atoms with van der Waals surface area (Å²) in [5, 5.41) is 0. The van der Waals surface area contributed by atoms with E-state index in [0.717, 1.165) is 13.0 Å². The average Bonchev–Trinajstić information content (AvgIpc) is 2.61. The van der Waals surface area contributed by atoms with Crippen molar-refractivity contribution in [3.05, 3.63) is 23.7 Å². The van der Waals surface area contributed by atoms with Gasteiger partial charge in [-0.2, -0.15) is 0 Å². The fourth-order valence-electron chi connectivity index (χ4n) is 2.49. The van der Waals surface area contributed by atoms with Crippen LogP contribution in [0.1, 0.15) is 39.0 Å². The van der Waals surface area contributed by atoms with Crippen LogP contribution >= 0.6 is 0 Å². The maximum atomic E-state index is 5.54.